The van der Waals surface area contributed by atoms with Gasteiger partial charge in [0.1, 0.15) is 0 Å². The van der Waals surface area contributed by atoms with Crippen molar-refractivity contribution < 1.29 is 19.1 Å². The van der Waals surface area contributed by atoms with Crippen molar-refractivity contribution in [1.29, 1.82) is 0 Å². The fourth-order valence-corrected chi connectivity index (χ4v) is 2.49. The summed E-state index contributed by atoms with van der Waals surface area (Å²) in [7, 11) is 0. The number of morpholine rings is 1. The predicted molar refractivity (Wildman–Crippen MR) is 92.1 cm³/mol. The van der Waals surface area contributed by atoms with Crippen molar-refractivity contribution in [3.63, 3.8) is 0 Å². The van der Waals surface area contributed by atoms with Crippen LogP contribution in [0.5, 0.6) is 0 Å². The van der Waals surface area contributed by atoms with E-state index in [0.717, 1.165) is 32.4 Å². The third-order valence-electron chi connectivity index (χ3n) is 3.83. The molecule has 1 N–H and O–H groups in total. The van der Waals surface area contributed by atoms with Gasteiger partial charge in [-0.2, -0.15) is 0 Å². The van der Waals surface area contributed by atoms with E-state index in [4.69, 9.17) is 9.47 Å². The zero-order valence-corrected chi connectivity index (χ0v) is 14.3. The van der Waals surface area contributed by atoms with Crippen LogP contribution in [0.4, 0.5) is 5.69 Å². The molecule has 0 radical (unpaired) electrons. The molecule has 1 aliphatic heterocycles. The van der Waals surface area contributed by atoms with Crippen molar-refractivity contribution in [2.75, 3.05) is 44.8 Å². The maximum absolute atomic E-state index is 12.1. The van der Waals surface area contributed by atoms with Gasteiger partial charge in [-0.3, -0.25) is 9.69 Å². The van der Waals surface area contributed by atoms with Crippen molar-refractivity contribution >= 4 is 17.6 Å². The lowest BCUT2D eigenvalue weighted by atomic mass is 10.2. The predicted octanol–water partition coefficient (Wildman–Crippen LogP) is 2.30. The van der Waals surface area contributed by atoms with Crippen LogP contribution in [-0.4, -0.2) is 56.2 Å². The summed E-state index contributed by atoms with van der Waals surface area (Å²) in [5.41, 5.74) is 1.06. The summed E-state index contributed by atoms with van der Waals surface area (Å²) >= 11 is 0. The van der Waals surface area contributed by atoms with Gasteiger partial charge in [0.05, 0.1) is 31.9 Å². The van der Waals surface area contributed by atoms with E-state index in [2.05, 4.69) is 12.2 Å². The van der Waals surface area contributed by atoms with Crippen LogP contribution >= 0.6 is 0 Å². The molecular weight excluding hydrogens is 308 g/mol. The Kier molecular flexibility index (Phi) is 7.71. The molecule has 1 aliphatic rings. The van der Waals surface area contributed by atoms with Crippen LogP contribution in [0.25, 0.3) is 0 Å². The van der Waals surface area contributed by atoms with Crippen molar-refractivity contribution in [2.45, 2.75) is 26.2 Å². The average Bonchev–Trinajstić information content (AvgIpc) is 2.59. The van der Waals surface area contributed by atoms with Crippen LogP contribution in [0.2, 0.25) is 0 Å². The van der Waals surface area contributed by atoms with Gasteiger partial charge in [0.25, 0.3) is 0 Å². The minimum absolute atomic E-state index is 0.0923. The topological polar surface area (TPSA) is 67.9 Å². The number of carbonyl (C=O) groups is 2. The second-order valence-electron chi connectivity index (χ2n) is 5.86. The van der Waals surface area contributed by atoms with Gasteiger partial charge in [-0.1, -0.05) is 25.8 Å². The maximum atomic E-state index is 12.1. The SMILES string of the molecule is CCCCCOC(=O)c1cccc(NC(=O)CN2CCOCC2)c1. The van der Waals surface area contributed by atoms with Crippen LogP contribution in [0.1, 0.15) is 36.5 Å². The Morgan fingerprint density at radius 3 is 2.79 bits per heavy atom. The number of unbranched alkanes of at least 4 members (excludes halogenated alkanes) is 2. The molecule has 0 aromatic heterocycles. The molecule has 0 unspecified atom stereocenters. The first-order valence-electron chi connectivity index (χ1n) is 8.56. The van der Waals surface area contributed by atoms with E-state index < -0.39 is 0 Å². The molecule has 1 amide bonds. The second kappa shape index (κ2) is 10.1. The molecule has 1 saturated heterocycles. The monoisotopic (exact) mass is 334 g/mol. The Morgan fingerprint density at radius 1 is 1.25 bits per heavy atom. The molecule has 6 nitrogen and oxygen atoms in total. The molecule has 0 bridgehead atoms. The molecule has 0 aliphatic carbocycles. The number of carbonyl (C=O) groups excluding carboxylic acids is 2. The molecule has 1 aromatic carbocycles. The van der Waals surface area contributed by atoms with Gasteiger partial charge in [0, 0.05) is 18.8 Å². The molecule has 132 valence electrons. The maximum Gasteiger partial charge on any atom is 0.338 e. The number of anilines is 1. The summed E-state index contributed by atoms with van der Waals surface area (Å²) in [4.78, 5) is 26.1. The summed E-state index contributed by atoms with van der Waals surface area (Å²) in [6.07, 6.45) is 3.01. The zero-order valence-electron chi connectivity index (χ0n) is 14.3. The fraction of sp³-hybridized carbons (Fsp3) is 0.556. The van der Waals surface area contributed by atoms with Crippen molar-refractivity contribution in [1.82, 2.24) is 4.90 Å². The smallest absolute Gasteiger partial charge is 0.338 e. The molecule has 0 atom stereocenters. The molecule has 1 heterocycles. The number of amides is 1. The van der Waals surface area contributed by atoms with Crippen molar-refractivity contribution in [3.8, 4) is 0 Å². The lowest BCUT2D eigenvalue weighted by Gasteiger charge is -2.25. The first-order chi connectivity index (χ1) is 11.7. The quantitative estimate of drug-likeness (QED) is 0.584. The number of hydrogen-bond donors (Lipinski definition) is 1. The lowest BCUT2D eigenvalue weighted by Crippen LogP contribution is -2.41. The van der Waals surface area contributed by atoms with Crippen molar-refractivity contribution in [2.24, 2.45) is 0 Å². The van der Waals surface area contributed by atoms with Gasteiger partial charge in [0.2, 0.25) is 5.91 Å². The van der Waals surface area contributed by atoms with E-state index in [1.807, 2.05) is 4.90 Å². The van der Waals surface area contributed by atoms with Gasteiger partial charge in [0.15, 0.2) is 0 Å². The molecule has 6 heteroatoms. The van der Waals surface area contributed by atoms with Crippen LogP contribution in [0.3, 0.4) is 0 Å². The number of benzene rings is 1. The molecular formula is C18H26N2O4. The fourth-order valence-electron chi connectivity index (χ4n) is 2.49. The van der Waals surface area contributed by atoms with E-state index in [1.165, 1.54) is 0 Å². The standard InChI is InChI=1S/C18H26N2O4/c1-2-3-4-10-24-18(22)15-6-5-7-16(13-15)19-17(21)14-20-8-11-23-12-9-20/h5-7,13H,2-4,8-12,14H2,1H3,(H,19,21). The van der Waals surface area contributed by atoms with Gasteiger partial charge in [-0.05, 0) is 24.6 Å². The molecule has 0 saturated carbocycles. The van der Waals surface area contributed by atoms with Gasteiger partial charge >= 0.3 is 5.97 Å². The number of hydrogen-bond acceptors (Lipinski definition) is 5. The average molecular weight is 334 g/mol. The highest BCUT2D eigenvalue weighted by Gasteiger charge is 2.15. The number of nitrogens with zero attached hydrogens (tertiary/aromatic N) is 1. The molecule has 1 fully saturated rings. The summed E-state index contributed by atoms with van der Waals surface area (Å²) in [6.45, 7) is 5.70. The van der Waals surface area contributed by atoms with Crippen LogP contribution in [0, 0.1) is 0 Å². The van der Waals surface area contributed by atoms with E-state index in [0.29, 0.717) is 37.6 Å². The lowest BCUT2D eigenvalue weighted by molar-refractivity contribution is -0.118. The highest BCUT2D eigenvalue weighted by Crippen LogP contribution is 2.12. The van der Waals surface area contributed by atoms with Crippen LogP contribution in [-0.2, 0) is 14.3 Å². The minimum Gasteiger partial charge on any atom is -0.462 e. The Hall–Kier alpha value is -1.92. The molecule has 0 spiro atoms. The molecule has 2 rings (SSSR count). The first kappa shape index (κ1) is 18.4. The van der Waals surface area contributed by atoms with Crippen molar-refractivity contribution in [3.05, 3.63) is 29.8 Å². The van der Waals surface area contributed by atoms with Gasteiger partial charge < -0.3 is 14.8 Å². The van der Waals surface area contributed by atoms with Crippen LogP contribution < -0.4 is 5.32 Å². The minimum atomic E-state index is -0.351. The summed E-state index contributed by atoms with van der Waals surface area (Å²) in [6, 6.07) is 6.86. The van der Waals surface area contributed by atoms with E-state index in [9.17, 15) is 9.59 Å². The third-order valence-corrected chi connectivity index (χ3v) is 3.83. The van der Waals surface area contributed by atoms with Gasteiger partial charge in [-0.15, -0.1) is 0 Å². The Morgan fingerprint density at radius 2 is 2.04 bits per heavy atom. The highest BCUT2D eigenvalue weighted by molar-refractivity contribution is 5.95. The summed E-state index contributed by atoms with van der Waals surface area (Å²) in [5, 5.41) is 2.83. The largest absolute Gasteiger partial charge is 0.462 e. The normalized spacial score (nSPS) is 15.0. The van der Waals surface area contributed by atoms with E-state index in [-0.39, 0.29) is 11.9 Å². The number of rotatable bonds is 8. The third kappa shape index (κ3) is 6.29. The van der Waals surface area contributed by atoms with E-state index in [1.54, 1.807) is 24.3 Å². The van der Waals surface area contributed by atoms with E-state index >= 15 is 0 Å². The Labute approximate surface area is 143 Å². The van der Waals surface area contributed by atoms with Crippen LogP contribution in [0.15, 0.2) is 24.3 Å². The second-order valence-corrected chi connectivity index (χ2v) is 5.86. The summed E-state index contributed by atoms with van der Waals surface area (Å²) in [5.74, 6) is -0.444. The van der Waals surface area contributed by atoms with Gasteiger partial charge in [-0.25, -0.2) is 4.79 Å². The molecule has 24 heavy (non-hydrogen) atoms. The molecule has 1 aromatic rings. The number of nitrogens with one attached hydrogen (secondary N) is 1. The zero-order chi connectivity index (χ0) is 17.2. The number of ether oxygens (including phenoxy) is 2. The Balaban J connectivity index is 1.82. The number of esters is 1. The first-order valence-corrected chi connectivity index (χ1v) is 8.56. The summed E-state index contributed by atoms with van der Waals surface area (Å²) < 4.78 is 10.5. The Bertz CT molecular complexity index is 542. The highest BCUT2D eigenvalue weighted by atomic mass is 16.5.